The van der Waals surface area contributed by atoms with E-state index in [-0.39, 0.29) is 11.3 Å². The van der Waals surface area contributed by atoms with Gasteiger partial charge in [-0.15, -0.1) is 0 Å². The molecule has 7 heteroatoms. The molecule has 2 heterocycles. The van der Waals surface area contributed by atoms with Gasteiger partial charge in [0.05, 0.1) is 17.9 Å². The quantitative estimate of drug-likeness (QED) is 0.410. The van der Waals surface area contributed by atoms with Crippen LogP contribution in [0.25, 0.3) is 5.76 Å². The van der Waals surface area contributed by atoms with Gasteiger partial charge in [0.25, 0.3) is 11.7 Å². The summed E-state index contributed by atoms with van der Waals surface area (Å²) in [6.07, 6.45) is 2.50. The lowest BCUT2D eigenvalue weighted by Crippen LogP contribution is -2.35. The van der Waals surface area contributed by atoms with Crippen LogP contribution in [-0.4, -0.2) is 65.4 Å². The molecule has 158 valence electrons. The number of likely N-dealkylation sites (N-methyl/N-ethyl adjacent to an activating group) is 1. The van der Waals surface area contributed by atoms with E-state index in [2.05, 4.69) is 4.98 Å². The zero-order valence-electron chi connectivity index (χ0n) is 17.5. The van der Waals surface area contributed by atoms with Crippen molar-refractivity contribution >= 4 is 17.4 Å². The highest BCUT2D eigenvalue weighted by molar-refractivity contribution is 6.46. The molecule has 1 aromatic heterocycles. The number of nitrogens with zero attached hydrogens (tertiary/aromatic N) is 3. The lowest BCUT2D eigenvalue weighted by Gasteiger charge is -2.25. The number of amides is 1. The summed E-state index contributed by atoms with van der Waals surface area (Å²) < 4.78 is 5.57. The molecular weight excluding hydrogens is 382 g/mol. The first-order valence-electron chi connectivity index (χ1n) is 10.0. The zero-order valence-corrected chi connectivity index (χ0v) is 17.5. The van der Waals surface area contributed by atoms with Gasteiger partial charge in [0.2, 0.25) is 0 Å². The van der Waals surface area contributed by atoms with Gasteiger partial charge in [-0.05, 0) is 56.9 Å². The van der Waals surface area contributed by atoms with Crippen LogP contribution in [0.2, 0.25) is 0 Å². The van der Waals surface area contributed by atoms with Crippen molar-refractivity contribution in [3.8, 4) is 5.75 Å². The van der Waals surface area contributed by atoms with Crippen molar-refractivity contribution < 1.29 is 19.4 Å². The standard InChI is InChI=1S/C23H27N3O4/c1-4-15-30-17-10-8-16(9-11-17)21(27)19-20(18-7-5-6-12-24-18)26(14-13-25(2)3)23(29)22(19)28/h5-12,20,27H,4,13-15H2,1-3H3. The minimum Gasteiger partial charge on any atom is -0.507 e. The predicted molar refractivity (Wildman–Crippen MR) is 114 cm³/mol. The average molecular weight is 409 g/mol. The fraction of sp³-hybridized carbons (Fsp3) is 0.348. The summed E-state index contributed by atoms with van der Waals surface area (Å²) in [6.45, 7) is 3.55. The Hall–Kier alpha value is -3.19. The number of carbonyl (C=O) groups is 2. The second-order valence-corrected chi connectivity index (χ2v) is 7.42. The Balaban J connectivity index is 2.03. The van der Waals surface area contributed by atoms with Crippen LogP contribution in [-0.2, 0) is 9.59 Å². The largest absolute Gasteiger partial charge is 0.507 e. The second-order valence-electron chi connectivity index (χ2n) is 7.42. The van der Waals surface area contributed by atoms with Crippen molar-refractivity contribution in [3.05, 3.63) is 65.5 Å². The van der Waals surface area contributed by atoms with Crippen LogP contribution in [0.15, 0.2) is 54.2 Å². The summed E-state index contributed by atoms with van der Waals surface area (Å²) in [5, 5.41) is 11.0. The molecule has 1 atom stereocenters. The molecule has 1 saturated heterocycles. The Morgan fingerprint density at radius 2 is 1.90 bits per heavy atom. The number of ketones is 1. The number of hydrogen-bond donors (Lipinski definition) is 1. The fourth-order valence-electron chi connectivity index (χ4n) is 3.35. The molecule has 0 bridgehead atoms. The van der Waals surface area contributed by atoms with Gasteiger partial charge in [0.15, 0.2) is 0 Å². The maximum Gasteiger partial charge on any atom is 0.295 e. The first kappa shape index (κ1) is 21.5. The number of pyridine rings is 1. The minimum atomic E-state index is -0.734. The maximum atomic E-state index is 12.9. The van der Waals surface area contributed by atoms with E-state index >= 15 is 0 Å². The van der Waals surface area contributed by atoms with Crippen LogP contribution in [0.5, 0.6) is 5.75 Å². The Morgan fingerprint density at radius 3 is 2.50 bits per heavy atom. The highest BCUT2D eigenvalue weighted by Gasteiger charge is 2.46. The number of ether oxygens (including phenoxy) is 1. The highest BCUT2D eigenvalue weighted by Crippen LogP contribution is 2.38. The number of Topliss-reactive ketones (excluding diaryl/α,β-unsaturated/α-hetero) is 1. The van der Waals surface area contributed by atoms with Gasteiger partial charge >= 0.3 is 0 Å². The Kier molecular flexibility index (Phi) is 6.84. The molecule has 1 aliphatic rings. The van der Waals surface area contributed by atoms with Crippen LogP contribution in [0.1, 0.15) is 30.6 Å². The molecule has 1 N–H and O–H groups in total. The average Bonchev–Trinajstić information content (AvgIpc) is 3.01. The molecule has 7 nitrogen and oxygen atoms in total. The topological polar surface area (TPSA) is 83.0 Å². The summed E-state index contributed by atoms with van der Waals surface area (Å²) in [5.41, 5.74) is 1.05. The third-order valence-corrected chi connectivity index (χ3v) is 4.90. The Morgan fingerprint density at radius 1 is 1.17 bits per heavy atom. The van der Waals surface area contributed by atoms with Gasteiger partial charge in [0, 0.05) is 24.8 Å². The summed E-state index contributed by atoms with van der Waals surface area (Å²) in [7, 11) is 3.79. The fourth-order valence-corrected chi connectivity index (χ4v) is 3.35. The van der Waals surface area contributed by atoms with Gasteiger partial charge in [-0.1, -0.05) is 13.0 Å². The van der Waals surface area contributed by atoms with Gasteiger partial charge in [-0.25, -0.2) is 0 Å². The Labute approximate surface area is 176 Å². The van der Waals surface area contributed by atoms with E-state index in [1.165, 1.54) is 4.90 Å². The molecule has 1 unspecified atom stereocenters. The van der Waals surface area contributed by atoms with Crippen molar-refractivity contribution in [2.45, 2.75) is 19.4 Å². The van der Waals surface area contributed by atoms with Gasteiger partial charge in [-0.3, -0.25) is 14.6 Å². The van der Waals surface area contributed by atoms with Crippen molar-refractivity contribution in [2.75, 3.05) is 33.8 Å². The number of likely N-dealkylation sites (tertiary alicyclic amines) is 1. The molecule has 0 spiro atoms. The molecule has 1 fully saturated rings. The number of rotatable bonds is 8. The van der Waals surface area contributed by atoms with Crippen molar-refractivity contribution in [3.63, 3.8) is 0 Å². The summed E-state index contributed by atoms with van der Waals surface area (Å²) >= 11 is 0. The van der Waals surface area contributed by atoms with E-state index in [0.717, 1.165) is 6.42 Å². The number of aromatic nitrogens is 1. The van der Waals surface area contributed by atoms with E-state index in [4.69, 9.17) is 4.74 Å². The molecule has 0 radical (unpaired) electrons. The van der Waals surface area contributed by atoms with E-state index in [1.54, 1.807) is 48.7 Å². The Bertz CT molecular complexity index is 923. The van der Waals surface area contributed by atoms with Crippen molar-refractivity contribution in [1.82, 2.24) is 14.8 Å². The van der Waals surface area contributed by atoms with E-state index in [1.807, 2.05) is 25.9 Å². The normalized spacial score (nSPS) is 18.3. The number of benzene rings is 1. The van der Waals surface area contributed by atoms with E-state index in [0.29, 0.717) is 36.7 Å². The van der Waals surface area contributed by atoms with E-state index < -0.39 is 17.7 Å². The molecule has 1 aliphatic heterocycles. The van der Waals surface area contributed by atoms with Crippen LogP contribution in [0.4, 0.5) is 0 Å². The first-order valence-corrected chi connectivity index (χ1v) is 10.0. The molecule has 3 rings (SSSR count). The van der Waals surface area contributed by atoms with Gasteiger partial charge in [-0.2, -0.15) is 0 Å². The lowest BCUT2D eigenvalue weighted by molar-refractivity contribution is -0.140. The van der Waals surface area contributed by atoms with Gasteiger partial charge in [0.1, 0.15) is 17.6 Å². The zero-order chi connectivity index (χ0) is 21.7. The summed E-state index contributed by atoms with van der Waals surface area (Å²) in [4.78, 5) is 33.4. The van der Waals surface area contributed by atoms with Crippen LogP contribution >= 0.6 is 0 Å². The molecule has 1 aromatic carbocycles. The number of aliphatic hydroxyl groups is 1. The third-order valence-electron chi connectivity index (χ3n) is 4.90. The minimum absolute atomic E-state index is 0.0553. The smallest absolute Gasteiger partial charge is 0.295 e. The van der Waals surface area contributed by atoms with E-state index in [9.17, 15) is 14.7 Å². The molecular formula is C23H27N3O4. The molecule has 2 aromatic rings. The number of aliphatic hydroxyl groups excluding tert-OH is 1. The van der Waals surface area contributed by atoms with Crippen molar-refractivity contribution in [1.29, 1.82) is 0 Å². The summed E-state index contributed by atoms with van der Waals surface area (Å²) in [6, 6.07) is 11.4. The van der Waals surface area contributed by atoms with Crippen molar-refractivity contribution in [2.24, 2.45) is 0 Å². The van der Waals surface area contributed by atoms with Crippen LogP contribution in [0, 0.1) is 0 Å². The first-order chi connectivity index (χ1) is 14.4. The number of hydrogen-bond acceptors (Lipinski definition) is 6. The summed E-state index contributed by atoms with van der Waals surface area (Å²) in [5.74, 6) is -0.857. The maximum absolute atomic E-state index is 12.9. The van der Waals surface area contributed by atoms with Gasteiger partial charge < -0.3 is 19.6 Å². The molecule has 0 saturated carbocycles. The SMILES string of the molecule is CCCOc1ccc(C(O)=C2C(=O)C(=O)N(CCN(C)C)C2c2ccccn2)cc1. The third kappa shape index (κ3) is 4.52. The predicted octanol–water partition coefficient (Wildman–Crippen LogP) is 2.85. The molecule has 0 aliphatic carbocycles. The molecule has 1 amide bonds. The lowest BCUT2D eigenvalue weighted by atomic mass is 9.98. The van der Waals surface area contributed by atoms with Crippen LogP contribution in [0.3, 0.4) is 0 Å². The second kappa shape index (κ2) is 9.54. The number of carbonyl (C=O) groups excluding carboxylic acids is 2. The monoisotopic (exact) mass is 409 g/mol. The van der Waals surface area contributed by atoms with Crippen LogP contribution < -0.4 is 4.74 Å². The highest BCUT2D eigenvalue weighted by atomic mass is 16.5. The molecule has 30 heavy (non-hydrogen) atoms.